The SMILES string of the molecule is O=C(CC(NC(=O)c1ccccc1)c1ccccc1)NCCCN1CCN(c2ccccc2)CC1. The van der Waals surface area contributed by atoms with Crippen LogP contribution in [0.2, 0.25) is 0 Å². The first-order valence-corrected chi connectivity index (χ1v) is 12.4. The molecule has 0 aliphatic carbocycles. The van der Waals surface area contributed by atoms with Gasteiger partial charge in [0.05, 0.1) is 12.5 Å². The molecule has 6 nitrogen and oxygen atoms in total. The minimum atomic E-state index is -0.380. The molecular formula is C29H34N4O2. The van der Waals surface area contributed by atoms with Gasteiger partial charge in [0.25, 0.3) is 5.91 Å². The monoisotopic (exact) mass is 470 g/mol. The molecule has 3 aromatic rings. The number of amides is 2. The maximum Gasteiger partial charge on any atom is 0.251 e. The molecule has 0 bridgehead atoms. The van der Waals surface area contributed by atoms with Crippen LogP contribution in [0.1, 0.15) is 34.8 Å². The van der Waals surface area contributed by atoms with Crippen molar-refractivity contribution in [3.63, 3.8) is 0 Å². The first-order valence-electron chi connectivity index (χ1n) is 12.4. The highest BCUT2D eigenvalue weighted by Gasteiger charge is 2.20. The molecule has 2 amide bonds. The highest BCUT2D eigenvalue weighted by molar-refractivity contribution is 5.94. The Morgan fingerprint density at radius 2 is 1.37 bits per heavy atom. The Morgan fingerprint density at radius 1 is 0.771 bits per heavy atom. The lowest BCUT2D eigenvalue weighted by Crippen LogP contribution is -2.47. The number of hydrogen-bond donors (Lipinski definition) is 2. The van der Waals surface area contributed by atoms with Crippen LogP contribution in [0.25, 0.3) is 0 Å². The average molecular weight is 471 g/mol. The van der Waals surface area contributed by atoms with E-state index in [0.29, 0.717) is 12.1 Å². The lowest BCUT2D eigenvalue weighted by molar-refractivity contribution is -0.121. The molecule has 3 aromatic carbocycles. The highest BCUT2D eigenvalue weighted by atomic mass is 16.2. The van der Waals surface area contributed by atoms with Crippen LogP contribution >= 0.6 is 0 Å². The van der Waals surface area contributed by atoms with Crippen molar-refractivity contribution in [1.29, 1.82) is 0 Å². The molecule has 0 radical (unpaired) electrons. The summed E-state index contributed by atoms with van der Waals surface area (Å²) in [6.07, 6.45) is 1.11. The summed E-state index contributed by atoms with van der Waals surface area (Å²) < 4.78 is 0. The predicted molar refractivity (Wildman–Crippen MR) is 140 cm³/mol. The van der Waals surface area contributed by atoms with E-state index >= 15 is 0 Å². The first-order chi connectivity index (χ1) is 17.2. The molecule has 1 unspecified atom stereocenters. The largest absolute Gasteiger partial charge is 0.369 e. The summed E-state index contributed by atoms with van der Waals surface area (Å²) in [5.41, 5.74) is 2.79. The normalized spacial score (nSPS) is 14.8. The Kier molecular flexibility index (Phi) is 8.90. The molecule has 35 heavy (non-hydrogen) atoms. The Morgan fingerprint density at radius 3 is 2.03 bits per heavy atom. The van der Waals surface area contributed by atoms with Crippen LogP contribution < -0.4 is 15.5 Å². The molecular weight excluding hydrogens is 436 g/mol. The van der Waals surface area contributed by atoms with E-state index in [4.69, 9.17) is 0 Å². The quantitative estimate of drug-likeness (QED) is 0.442. The van der Waals surface area contributed by atoms with Gasteiger partial charge in [0, 0.05) is 44.0 Å². The molecule has 182 valence electrons. The topological polar surface area (TPSA) is 64.7 Å². The van der Waals surface area contributed by atoms with Gasteiger partial charge in [-0.1, -0.05) is 66.7 Å². The Balaban J connectivity index is 1.20. The lowest BCUT2D eigenvalue weighted by atomic mass is 10.0. The van der Waals surface area contributed by atoms with Crippen molar-refractivity contribution >= 4 is 17.5 Å². The van der Waals surface area contributed by atoms with E-state index in [-0.39, 0.29) is 24.3 Å². The minimum absolute atomic E-state index is 0.0545. The van der Waals surface area contributed by atoms with Crippen LogP contribution in [-0.4, -0.2) is 56.0 Å². The average Bonchev–Trinajstić information content (AvgIpc) is 2.92. The Bertz CT molecular complexity index is 1050. The summed E-state index contributed by atoms with van der Waals surface area (Å²) in [6, 6.07) is 28.9. The lowest BCUT2D eigenvalue weighted by Gasteiger charge is -2.36. The minimum Gasteiger partial charge on any atom is -0.369 e. The van der Waals surface area contributed by atoms with Crippen molar-refractivity contribution in [2.24, 2.45) is 0 Å². The zero-order valence-corrected chi connectivity index (χ0v) is 20.1. The zero-order valence-electron chi connectivity index (χ0n) is 20.1. The van der Waals surface area contributed by atoms with E-state index in [9.17, 15) is 9.59 Å². The zero-order chi connectivity index (χ0) is 24.3. The molecule has 1 fully saturated rings. The number of rotatable bonds is 10. The third-order valence-corrected chi connectivity index (χ3v) is 6.40. The van der Waals surface area contributed by atoms with Crippen molar-refractivity contribution in [3.05, 3.63) is 102 Å². The van der Waals surface area contributed by atoms with E-state index < -0.39 is 0 Å². The molecule has 1 aliphatic heterocycles. The molecule has 4 rings (SSSR count). The predicted octanol–water partition coefficient (Wildman–Crippen LogP) is 3.88. The van der Waals surface area contributed by atoms with E-state index in [1.54, 1.807) is 12.1 Å². The third kappa shape index (κ3) is 7.42. The smallest absolute Gasteiger partial charge is 0.251 e. The van der Waals surface area contributed by atoms with Crippen molar-refractivity contribution in [2.75, 3.05) is 44.2 Å². The summed E-state index contributed by atoms with van der Waals surface area (Å²) in [7, 11) is 0. The molecule has 1 aliphatic rings. The van der Waals surface area contributed by atoms with Gasteiger partial charge in [-0.25, -0.2) is 0 Å². The molecule has 0 saturated carbocycles. The van der Waals surface area contributed by atoms with Gasteiger partial charge >= 0.3 is 0 Å². The highest BCUT2D eigenvalue weighted by Crippen LogP contribution is 2.18. The van der Waals surface area contributed by atoms with E-state index in [0.717, 1.165) is 44.7 Å². The summed E-state index contributed by atoms with van der Waals surface area (Å²) in [5.74, 6) is -0.233. The number of hydrogen-bond acceptors (Lipinski definition) is 4. The number of carbonyl (C=O) groups excluding carboxylic acids is 2. The fourth-order valence-corrected chi connectivity index (χ4v) is 4.43. The molecule has 6 heteroatoms. The summed E-state index contributed by atoms with van der Waals surface area (Å²) >= 11 is 0. The van der Waals surface area contributed by atoms with Gasteiger partial charge in [-0.05, 0) is 42.8 Å². The summed E-state index contributed by atoms with van der Waals surface area (Å²) in [6.45, 7) is 5.71. The number of para-hydroxylation sites is 1. The molecule has 1 atom stereocenters. The van der Waals surface area contributed by atoms with E-state index in [1.165, 1.54) is 5.69 Å². The van der Waals surface area contributed by atoms with Crippen LogP contribution in [0.4, 0.5) is 5.69 Å². The van der Waals surface area contributed by atoms with Crippen LogP contribution in [0, 0.1) is 0 Å². The Labute approximate surface area is 207 Å². The van der Waals surface area contributed by atoms with Crippen molar-refractivity contribution in [2.45, 2.75) is 18.9 Å². The molecule has 1 saturated heterocycles. The molecule has 1 heterocycles. The summed E-state index contributed by atoms with van der Waals surface area (Å²) in [4.78, 5) is 30.3. The van der Waals surface area contributed by atoms with Crippen LogP contribution in [-0.2, 0) is 4.79 Å². The number of nitrogens with zero attached hydrogens (tertiary/aromatic N) is 2. The van der Waals surface area contributed by atoms with Gasteiger partial charge < -0.3 is 15.5 Å². The van der Waals surface area contributed by atoms with Gasteiger partial charge in [-0.15, -0.1) is 0 Å². The van der Waals surface area contributed by atoms with Crippen LogP contribution in [0.15, 0.2) is 91.0 Å². The number of piperazine rings is 1. The van der Waals surface area contributed by atoms with Gasteiger partial charge in [0.1, 0.15) is 0 Å². The van der Waals surface area contributed by atoms with Crippen molar-refractivity contribution in [1.82, 2.24) is 15.5 Å². The van der Waals surface area contributed by atoms with Gasteiger partial charge in [0.2, 0.25) is 5.91 Å². The van der Waals surface area contributed by atoms with Crippen molar-refractivity contribution in [3.8, 4) is 0 Å². The maximum atomic E-state index is 12.7. The third-order valence-electron chi connectivity index (χ3n) is 6.40. The van der Waals surface area contributed by atoms with Gasteiger partial charge in [0.15, 0.2) is 0 Å². The second kappa shape index (κ2) is 12.7. The fourth-order valence-electron chi connectivity index (χ4n) is 4.43. The Hall–Kier alpha value is -3.64. The van der Waals surface area contributed by atoms with Crippen LogP contribution in [0.3, 0.4) is 0 Å². The second-order valence-corrected chi connectivity index (χ2v) is 8.87. The fraction of sp³-hybridized carbons (Fsp3) is 0.310. The second-order valence-electron chi connectivity index (χ2n) is 8.87. The maximum absolute atomic E-state index is 12.7. The number of nitrogens with one attached hydrogen (secondary N) is 2. The van der Waals surface area contributed by atoms with Gasteiger partial charge in [-0.3, -0.25) is 14.5 Å². The van der Waals surface area contributed by atoms with Gasteiger partial charge in [-0.2, -0.15) is 0 Å². The van der Waals surface area contributed by atoms with Crippen molar-refractivity contribution < 1.29 is 9.59 Å². The standard InChI is InChI=1S/C29H34N4O2/c34-28(30-17-10-18-32-19-21-33(22-20-32)26-15-8-3-9-16-26)23-27(24-11-4-1-5-12-24)31-29(35)25-13-6-2-7-14-25/h1-9,11-16,27H,10,17-23H2,(H,30,34)(H,31,35). The van der Waals surface area contributed by atoms with E-state index in [1.807, 2.05) is 54.6 Å². The number of benzene rings is 3. The van der Waals surface area contributed by atoms with E-state index in [2.05, 4.69) is 44.7 Å². The number of carbonyl (C=O) groups is 2. The molecule has 0 aromatic heterocycles. The first kappa shape index (κ1) is 24.5. The van der Waals surface area contributed by atoms with Crippen LogP contribution in [0.5, 0.6) is 0 Å². The summed E-state index contributed by atoms with van der Waals surface area (Å²) in [5, 5.41) is 6.07. The molecule has 2 N–H and O–H groups in total. The molecule has 0 spiro atoms. The number of anilines is 1.